The first-order chi connectivity index (χ1) is 17.7. The van der Waals surface area contributed by atoms with Gasteiger partial charge in [-0.15, -0.1) is 0 Å². The average Bonchev–Trinajstić information content (AvgIpc) is 3.39. The fourth-order valence-electron chi connectivity index (χ4n) is 4.42. The Balaban J connectivity index is 1.41. The second-order valence-electron chi connectivity index (χ2n) is 8.65. The third kappa shape index (κ3) is 4.10. The average molecular weight is 469 g/mol. The van der Waals surface area contributed by atoms with E-state index in [4.69, 9.17) is 4.98 Å². The predicted molar refractivity (Wildman–Crippen MR) is 142 cm³/mol. The van der Waals surface area contributed by atoms with Crippen LogP contribution in [0.25, 0.3) is 44.7 Å². The number of benzene rings is 5. The number of ketones is 1. The van der Waals surface area contributed by atoms with Crippen molar-refractivity contribution in [3.63, 3.8) is 0 Å². The maximum atomic E-state index is 13.3. The molecular weight excluding hydrogens is 447 g/mol. The van der Waals surface area contributed by atoms with Crippen LogP contribution in [-0.4, -0.2) is 15.8 Å². The van der Waals surface area contributed by atoms with Crippen LogP contribution >= 0.6 is 0 Å². The van der Waals surface area contributed by atoms with Gasteiger partial charge in [-0.3, -0.25) is 4.79 Å². The standard InChI is InChI=1S/C32H21FN2O/c33-28-18-16-25(17-19-28)31(36)24-13-11-23(12-14-24)30-29(22-7-2-1-3-8-22)34-32(35-30)27-15-10-21-6-4-5-9-26(21)20-27/h1-20H,(H,34,35). The summed E-state index contributed by atoms with van der Waals surface area (Å²) in [6, 6.07) is 37.6. The van der Waals surface area contributed by atoms with Gasteiger partial charge in [0.1, 0.15) is 11.6 Å². The van der Waals surface area contributed by atoms with Gasteiger partial charge in [-0.1, -0.05) is 91.0 Å². The molecule has 4 heteroatoms. The minimum Gasteiger partial charge on any atom is -0.337 e. The summed E-state index contributed by atoms with van der Waals surface area (Å²) < 4.78 is 13.3. The summed E-state index contributed by atoms with van der Waals surface area (Å²) in [6.07, 6.45) is 0. The van der Waals surface area contributed by atoms with Gasteiger partial charge in [-0.2, -0.15) is 0 Å². The Hall–Kier alpha value is -4.83. The van der Waals surface area contributed by atoms with Crippen LogP contribution in [0.5, 0.6) is 0 Å². The van der Waals surface area contributed by atoms with Crippen molar-refractivity contribution in [1.82, 2.24) is 9.97 Å². The number of imidazole rings is 1. The number of hydrogen-bond acceptors (Lipinski definition) is 2. The molecule has 0 radical (unpaired) electrons. The van der Waals surface area contributed by atoms with Crippen molar-refractivity contribution in [2.45, 2.75) is 0 Å². The quantitative estimate of drug-likeness (QED) is 0.261. The van der Waals surface area contributed by atoms with E-state index in [1.54, 1.807) is 12.1 Å². The first-order valence-electron chi connectivity index (χ1n) is 11.7. The van der Waals surface area contributed by atoms with Gasteiger partial charge in [0.15, 0.2) is 5.78 Å². The van der Waals surface area contributed by atoms with Crippen molar-refractivity contribution in [1.29, 1.82) is 0 Å². The van der Waals surface area contributed by atoms with E-state index < -0.39 is 0 Å². The molecule has 0 spiro atoms. The summed E-state index contributed by atoms with van der Waals surface area (Å²) in [4.78, 5) is 21.4. The number of rotatable bonds is 5. The first-order valence-corrected chi connectivity index (χ1v) is 11.7. The van der Waals surface area contributed by atoms with Gasteiger partial charge in [0, 0.05) is 27.8 Å². The third-order valence-corrected chi connectivity index (χ3v) is 6.32. The highest BCUT2D eigenvalue weighted by molar-refractivity contribution is 6.09. The van der Waals surface area contributed by atoms with Gasteiger partial charge in [0.2, 0.25) is 0 Å². The van der Waals surface area contributed by atoms with Crippen LogP contribution in [-0.2, 0) is 0 Å². The molecule has 0 atom stereocenters. The molecule has 0 fully saturated rings. The van der Waals surface area contributed by atoms with Crippen molar-refractivity contribution < 1.29 is 9.18 Å². The highest BCUT2D eigenvalue weighted by atomic mass is 19.1. The lowest BCUT2D eigenvalue weighted by molar-refractivity contribution is 0.103. The molecule has 3 nitrogen and oxygen atoms in total. The Morgan fingerprint density at radius 3 is 1.94 bits per heavy atom. The molecule has 36 heavy (non-hydrogen) atoms. The van der Waals surface area contributed by atoms with Gasteiger partial charge in [-0.05, 0) is 41.1 Å². The molecule has 0 bridgehead atoms. The number of aromatic amines is 1. The molecule has 5 aromatic carbocycles. The summed E-state index contributed by atoms with van der Waals surface area (Å²) in [5.74, 6) is 0.268. The lowest BCUT2D eigenvalue weighted by Gasteiger charge is -2.06. The molecule has 0 aliphatic heterocycles. The number of fused-ring (bicyclic) bond motifs is 1. The Morgan fingerprint density at radius 1 is 0.611 bits per heavy atom. The molecule has 172 valence electrons. The second kappa shape index (κ2) is 9.08. The molecule has 1 heterocycles. The maximum absolute atomic E-state index is 13.3. The van der Waals surface area contributed by atoms with Crippen molar-refractivity contribution in [3.8, 4) is 33.9 Å². The monoisotopic (exact) mass is 468 g/mol. The van der Waals surface area contributed by atoms with E-state index >= 15 is 0 Å². The highest BCUT2D eigenvalue weighted by Gasteiger charge is 2.17. The Kier molecular flexibility index (Phi) is 5.47. The van der Waals surface area contributed by atoms with Crippen LogP contribution in [0.4, 0.5) is 4.39 Å². The number of nitrogens with one attached hydrogen (secondary N) is 1. The minimum atomic E-state index is -0.364. The second-order valence-corrected chi connectivity index (χ2v) is 8.65. The molecule has 1 N–H and O–H groups in total. The third-order valence-electron chi connectivity index (χ3n) is 6.32. The zero-order valence-electron chi connectivity index (χ0n) is 19.3. The highest BCUT2D eigenvalue weighted by Crippen LogP contribution is 2.34. The summed E-state index contributed by atoms with van der Waals surface area (Å²) in [7, 11) is 0. The molecule has 0 saturated carbocycles. The number of H-pyrrole nitrogens is 1. The molecule has 0 unspecified atom stereocenters. The van der Waals surface area contributed by atoms with E-state index in [2.05, 4.69) is 35.3 Å². The van der Waals surface area contributed by atoms with Crippen molar-refractivity contribution in [2.24, 2.45) is 0 Å². The topological polar surface area (TPSA) is 45.8 Å². The van der Waals surface area contributed by atoms with Crippen LogP contribution in [0.2, 0.25) is 0 Å². The van der Waals surface area contributed by atoms with E-state index in [0.717, 1.165) is 39.3 Å². The van der Waals surface area contributed by atoms with Crippen LogP contribution < -0.4 is 0 Å². The normalized spacial score (nSPS) is 11.0. The van der Waals surface area contributed by atoms with Gasteiger partial charge >= 0.3 is 0 Å². The summed E-state index contributed by atoms with van der Waals surface area (Å²) in [6.45, 7) is 0. The van der Waals surface area contributed by atoms with Gasteiger partial charge in [-0.25, -0.2) is 9.37 Å². The predicted octanol–water partition coefficient (Wildman–Crippen LogP) is 7.93. The first kappa shape index (κ1) is 21.7. The van der Waals surface area contributed by atoms with Crippen LogP contribution in [0, 0.1) is 5.82 Å². The molecular formula is C32H21FN2O. The van der Waals surface area contributed by atoms with E-state index in [1.807, 2.05) is 54.6 Å². The molecule has 6 aromatic rings. The largest absolute Gasteiger partial charge is 0.337 e. The zero-order chi connectivity index (χ0) is 24.5. The van der Waals surface area contributed by atoms with Crippen molar-refractivity contribution in [3.05, 3.63) is 138 Å². The van der Waals surface area contributed by atoms with E-state index in [9.17, 15) is 9.18 Å². The fourth-order valence-corrected chi connectivity index (χ4v) is 4.42. The molecule has 1 aromatic heterocycles. The smallest absolute Gasteiger partial charge is 0.193 e. The number of nitrogens with zero attached hydrogens (tertiary/aromatic N) is 1. The number of hydrogen-bond donors (Lipinski definition) is 1. The number of aromatic nitrogens is 2. The van der Waals surface area contributed by atoms with Gasteiger partial charge in [0.05, 0.1) is 11.4 Å². The summed E-state index contributed by atoms with van der Waals surface area (Å²) in [5, 5.41) is 2.33. The molecule has 0 saturated heterocycles. The van der Waals surface area contributed by atoms with Gasteiger partial charge in [0.25, 0.3) is 0 Å². The zero-order valence-corrected chi connectivity index (χ0v) is 19.3. The molecule has 0 aliphatic rings. The number of carbonyl (C=O) groups is 1. The molecule has 6 rings (SSSR count). The SMILES string of the molecule is O=C(c1ccc(F)cc1)c1ccc(-c2[nH]c(-c3ccc4ccccc4c3)nc2-c2ccccc2)cc1. The van der Waals surface area contributed by atoms with Crippen LogP contribution in [0.1, 0.15) is 15.9 Å². The van der Waals surface area contributed by atoms with Gasteiger partial charge < -0.3 is 4.98 Å². The number of halogens is 1. The molecule has 0 amide bonds. The number of carbonyl (C=O) groups excluding carboxylic acids is 1. The van der Waals surface area contributed by atoms with Crippen molar-refractivity contribution >= 4 is 16.6 Å². The van der Waals surface area contributed by atoms with E-state index in [0.29, 0.717) is 11.1 Å². The minimum absolute atomic E-state index is 0.147. The lowest BCUT2D eigenvalue weighted by Crippen LogP contribution is -2.01. The lowest BCUT2D eigenvalue weighted by atomic mass is 10.00. The summed E-state index contributed by atoms with van der Waals surface area (Å²) >= 11 is 0. The van der Waals surface area contributed by atoms with Crippen molar-refractivity contribution in [2.75, 3.05) is 0 Å². The van der Waals surface area contributed by atoms with Crippen LogP contribution in [0.15, 0.2) is 121 Å². The Labute approximate surface area is 207 Å². The van der Waals surface area contributed by atoms with Crippen LogP contribution in [0.3, 0.4) is 0 Å². The Morgan fingerprint density at radius 2 is 1.22 bits per heavy atom. The Bertz CT molecular complexity index is 1690. The summed E-state index contributed by atoms with van der Waals surface area (Å²) in [5.41, 5.74) is 5.64. The maximum Gasteiger partial charge on any atom is 0.193 e. The fraction of sp³-hybridized carbons (Fsp3) is 0. The van der Waals surface area contributed by atoms with E-state index in [1.165, 1.54) is 29.7 Å². The van der Waals surface area contributed by atoms with E-state index in [-0.39, 0.29) is 11.6 Å². The molecule has 0 aliphatic carbocycles.